The molecule has 0 spiro atoms. The molecule has 0 unspecified atom stereocenters. The molecular weight excluding hydrogens is 286 g/mol. The minimum atomic E-state index is -0.270. The Morgan fingerprint density at radius 1 is 1.35 bits per heavy atom. The number of nitrogen functional groups attached to an aromatic ring is 1. The van der Waals surface area contributed by atoms with E-state index in [0.717, 1.165) is 10.0 Å². The lowest BCUT2D eigenvalue weighted by Gasteiger charge is -2.14. The van der Waals surface area contributed by atoms with Crippen LogP contribution in [0.15, 0.2) is 22.7 Å². The first-order valence-corrected chi connectivity index (χ1v) is 5.87. The first-order valence-electron chi connectivity index (χ1n) is 5.08. The Morgan fingerprint density at radius 3 is 2.59 bits per heavy atom. The van der Waals surface area contributed by atoms with E-state index in [0.29, 0.717) is 5.69 Å². The van der Waals surface area contributed by atoms with Gasteiger partial charge in [0.2, 0.25) is 0 Å². The zero-order valence-corrected chi connectivity index (χ0v) is 10.9. The number of carbonyl (C=O) groups excluding carboxylic acids is 2. The second-order valence-corrected chi connectivity index (χ2v) is 4.93. The fourth-order valence-electron chi connectivity index (χ4n) is 1.77. The van der Waals surface area contributed by atoms with Crippen molar-refractivity contribution in [2.45, 2.75) is 6.54 Å². The molecule has 6 heteroatoms. The van der Waals surface area contributed by atoms with Gasteiger partial charge in [0.25, 0.3) is 5.91 Å². The molecule has 5 nitrogen and oxygen atoms in total. The molecule has 90 valence electrons. The molecule has 3 amide bonds. The van der Waals surface area contributed by atoms with Gasteiger partial charge in [-0.25, -0.2) is 4.79 Å². The maximum absolute atomic E-state index is 11.7. The fourth-order valence-corrected chi connectivity index (χ4v) is 2.33. The van der Waals surface area contributed by atoms with Crippen molar-refractivity contribution in [3.05, 3.63) is 28.2 Å². The molecule has 0 aliphatic carbocycles. The van der Waals surface area contributed by atoms with Crippen LogP contribution in [-0.2, 0) is 11.3 Å². The van der Waals surface area contributed by atoms with Crippen LogP contribution < -0.4 is 5.73 Å². The molecule has 1 fully saturated rings. The predicted molar refractivity (Wildman–Crippen MR) is 67.1 cm³/mol. The minimum absolute atomic E-state index is 0.141. The number of halogens is 1. The number of carbonyl (C=O) groups is 2. The molecule has 2 N–H and O–H groups in total. The van der Waals surface area contributed by atoms with E-state index in [1.807, 2.05) is 6.07 Å². The highest BCUT2D eigenvalue weighted by atomic mass is 79.9. The number of imide groups is 1. The summed E-state index contributed by atoms with van der Waals surface area (Å²) in [5, 5.41) is 0. The highest BCUT2D eigenvalue weighted by molar-refractivity contribution is 9.10. The number of likely N-dealkylation sites (N-methyl/N-ethyl adjacent to an activating group) is 1. The van der Waals surface area contributed by atoms with Gasteiger partial charge in [0.05, 0.1) is 6.54 Å². The molecular formula is C11H12BrN3O2. The van der Waals surface area contributed by atoms with E-state index in [-0.39, 0.29) is 25.0 Å². The number of benzene rings is 1. The molecule has 1 saturated heterocycles. The van der Waals surface area contributed by atoms with Gasteiger partial charge in [-0.1, -0.05) is 15.9 Å². The van der Waals surface area contributed by atoms with Gasteiger partial charge in [-0.3, -0.25) is 9.69 Å². The second-order valence-electron chi connectivity index (χ2n) is 4.01. The SMILES string of the molecule is CN1CC(=O)N(Cc2cc(N)cc(Br)c2)C1=O. The van der Waals surface area contributed by atoms with Crippen molar-refractivity contribution in [1.82, 2.24) is 9.80 Å². The number of hydrogen-bond acceptors (Lipinski definition) is 3. The Hall–Kier alpha value is -1.56. The van der Waals surface area contributed by atoms with E-state index in [2.05, 4.69) is 15.9 Å². The zero-order valence-electron chi connectivity index (χ0n) is 9.31. The Morgan fingerprint density at radius 2 is 2.06 bits per heavy atom. The number of nitrogens with two attached hydrogens (primary N) is 1. The lowest BCUT2D eigenvalue weighted by Crippen LogP contribution is -2.31. The Kier molecular flexibility index (Phi) is 3.06. The van der Waals surface area contributed by atoms with E-state index >= 15 is 0 Å². The molecule has 1 heterocycles. The Balaban J connectivity index is 2.21. The first kappa shape index (κ1) is 11.9. The topological polar surface area (TPSA) is 66.6 Å². The number of nitrogens with zero attached hydrogens (tertiary/aromatic N) is 2. The van der Waals surface area contributed by atoms with Crippen LogP contribution in [0, 0.1) is 0 Å². The quantitative estimate of drug-likeness (QED) is 0.663. The summed E-state index contributed by atoms with van der Waals surface area (Å²) in [4.78, 5) is 25.9. The molecule has 0 bridgehead atoms. The van der Waals surface area contributed by atoms with Gasteiger partial charge >= 0.3 is 6.03 Å². The molecule has 0 atom stereocenters. The van der Waals surface area contributed by atoms with Gasteiger partial charge in [-0.2, -0.15) is 0 Å². The van der Waals surface area contributed by atoms with Crippen molar-refractivity contribution in [2.75, 3.05) is 19.3 Å². The largest absolute Gasteiger partial charge is 0.399 e. The minimum Gasteiger partial charge on any atom is -0.399 e. The lowest BCUT2D eigenvalue weighted by atomic mass is 10.2. The monoisotopic (exact) mass is 297 g/mol. The van der Waals surface area contributed by atoms with E-state index in [1.54, 1.807) is 19.2 Å². The predicted octanol–water partition coefficient (Wildman–Crippen LogP) is 1.43. The van der Waals surface area contributed by atoms with Crippen LogP contribution in [0.2, 0.25) is 0 Å². The number of rotatable bonds is 2. The summed E-state index contributed by atoms with van der Waals surface area (Å²) in [7, 11) is 1.61. The molecule has 0 aromatic heterocycles. The summed E-state index contributed by atoms with van der Waals surface area (Å²) >= 11 is 3.33. The Labute approximate surface area is 107 Å². The van der Waals surface area contributed by atoms with Crippen molar-refractivity contribution in [2.24, 2.45) is 0 Å². The summed E-state index contributed by atoms with van der Waals surface area (Å²) in [6.45, 7) is 0.397. The summed E-state index contributed by atoms with van der Waals surface area (Å²) in [5.74, 6) is -0.184. The van der Waals surface area contributed by atoms with Crippen LogP contribution in [0.1, 0.15) is 5.56 Å². The molecule has 1 aliphatic heterocycles. The average molecular weight is 298 g/mol. The maximum atomic E-state index is 11.7. The Bertz CT molecular complexity index is 469. The van der Waals surface area contributed by atoms with Crippen molar-refractivity contribution in [3.63, 3.8) is 0 Å². The van der Waals surface area contributed by atoms with Gasteiger partial charge in [-0.15, -0.1) is 0 Å². The smallest absolute Gasteiger partial charge is 0.327 e. The maximum Gasteiger partial charge on any atom is 0.327 e. The first-order chi connectivity index (χ1) is 7.97. The number of amides is 3. The number of anilines is 1. The van der Waals surface area contributed by atoms with Crippen LogP contribution in [0.3, 0.4) is 0 Å². The van der Waals surface area contributed by atoms with Crippen LogP contribution in [0.4, 0.5) is 10.5 Å². The van der Waals surface area contributed by atoms with Crippen molar-refractivity contribution in [1.29, 1.82) is 0 Å². The standard InChI is InChI=1S/C11H12BrN3O2/c1-14-6-10(16)15(11(14)17)5-7-2-8(12)4-9(13)3-7/h2-4H,5-6,13H2,1H3. The summed E-state index contributed by atoms with van der Waals surface area (Å²) in [6.07, 6.45) is 0. The van der Waals surface area contributed by atoms with E-state index < -0.39 is 0 Å². The van der Waals surface area contributed by atoms with Crippen LogP contribution >= 0.6 is 15.9 Å². The van der Waals surface area contributed by atoms with E-state index in [9.17, 15) is 9.59 Å². The highest BCUT2D eigenvalue weighted by Crippen LogP contribution is 2.20. The van der Waals surface area contributed by atoms with Gasteiger partial charge in [0.15, 0.2) is 0 Å². The third kappa shape index (κ3) is 2.41. The zero-order chi connectivity index (χ0) is 12.6. The summed E-state index contributed by atoms with van der Waals surface area (Å²) in [6, 6.07) is 5.09. The molecule has 17 heavy (non-hydrogen) atoms. The van der Waals surface area contributed by atoms with Gasteiger partial charge in [0.1, 0.15) is 6.54 Å². The molecule has 0 saturated carbocycles. The highest BCUT2D eigenvalue weighted by Gasteiger charge is 2.33. The lowest BCUT2D eigenvalue weighted by molar-refractivity contribution is -0.125. The third-order valence-corrected chi connectivity index (χ3v) is 3.01. The molecule has 0 radical (unpaired) electrons. The van der Waals surface area contributed by atoms with Gasteiger partial charge in [-0.05, 0) is 23.8 Å². The average Bonchev–Trinajstić information content (AvgIpc) is 2.44. The van der Waals surface area contributed by atoms with Crippen molar-refractivity contribution in [3.8, 4) is 0 Å². The molecule has 1 aromatic rings. The second kappa shape index (κ2) is 4.37. The van der Waals surface area contributed by atoms with Crippen LogP contribution in [-0.4, -0.2) is 35.3 Å². The van der Waals surface area contributed by atoms with Crippen molar-refractivity contribution < 1.29 is 9.59 Å². The van der Waals surface area contributed by atoms with Gasteiger partial charge in [0, 0.05) is 17.2 Å². The summed E-state index contributed by atoms with van der Waals surface area (Å²) in [5.41, 5.74) is 7.13. The van der Waals surface area contributed by atoms with Crippen LogP contribution in [0.25, 0.3) is 0 Å². The number of hydrogen-bond donors (Lipinski definition) is 1. The normalized spacial score (nSPS) is 15.9. The van der Waals surface area contributed by atoms with E-state index in [4.69, 9.17) is 5.73 Å². The molecule has 1 aromatic carbocycles. The molecule has 2 rings (SSSR count). The third-order valence-electron chi connectivity index (χ3n) is 2.55. The van der Waals surface area contributed by atoms with E-state index in [1.165, 1.54) is 9.80 Å². The number of urea groups is 1. The summed E-state index contributed by atoms with van der Waals surface area (Å²) < 4.78 is 0.833. The van der Waals surface area contributed by atoms with Gasteiger partial charge < -0.3 is 10.6 Å². The fraction of sp³-hybridized carbons (Fsp3) is 0.273. The molecule has 1 aliphatic rings. The van der Waals surface area contributed by atoms with Crippen molar-refractivity contribution >= 4 is 33.6 Å². The van der Waals surface area contributed by atoms with Crippen LogP contribution in [0.5, 0.6) is 0 Å².